The molecule has 5 nitrogen and oxygen atoms in total. The Balaban J connectivity index is 1.65. The number of hydrogen-bond acceptors (Lipinski definition) is 4. The van der Waals surface area contributed by atoms with Gasteiger partial charge in [-0.05, 0) is 37.8 Å². The Morgan fingerprint density at radius 3 is 2.58 bits per heavy atom. The first-order valence-corrected chi connectivity index (χ1v) is 9.08. The van der Waals surface area contributed by atoms with Crippen LogP contribution < -0.4 is 10.6 Å². The number of pyridine rings is 1. The summed E-state index contributed by atoms with van der Waals surface area (Å²) in [5, 5.41) is 0. The molecular formula is C18H25F3N4O. The quantitative estimate of drug-likeness (QED) is 0.889. The number of carbonyl (C=O) groups excluding carboxylic acids is 1. The third kappa shape index (κ3) is 3.65. The summed E-state index contributed by atoms with van der Waals surface area (Å²) < 4.78 is 38.6. The molecule has 144 valence electrons. The smallest absolute Gasteiger partial charge is 0.353 e. The van der Waals surface area contributed by atoms with Gasteiger partial charge < -0.3 is 15.5 Å². The van der Waals surface area contributed by atoms with Gasteiger partial charge in [0.05, 0.1) is 11.0 Å². The maximum absolute atomic E-state index is 13.0. The van der Waals surface area contributed by atoms with Crippen molar-refractivity contribution in [3.63, 3.8) is 0 Å². The van der Waals surface area contributed by atoms with Crippen molar-refractivity contribution in [1.82, 2.24) is 9.88 Å². The molecule has 2 atom stereocenters. The van der Waals surface area contributed by atoms with Crippen LogP contribution in [-0.2, 0) is 11.0 Å². The second kappa shape index (κ2) is 7.06. The Labute approximate surface area is 151 Å². The van der Waals surface area contributed by atoms with Gasteiger partial charge in [-0.1, -0.05) is 6.92 Å². The molecule has 1 aromatic heterocycles. The van der Waals surface area contributed by atoms with Gasteiger partial charge in [-0.3, -0.25) is 4.79 Å². The predicted molar refractivity (Wildman–Crippen MR) is 92.6 cm³/mol. The van der Waals surface area contributed by atoms with Crippen molar-refractivity contribution in [3.8, 4) is 0 Å². The molecule has 0 bridgehead atoms. The number of hydrogen-bond donors (Lipinski definition) is 1. The van der Waals surface area contributed by atoms with E-state index in [0.717, 1.165) is 37.8 Å². The van der Waals surface area contributed by atoms with Crippen LogP contribution in [0.25, 0.3) is 0 Å². The van der Waals surface area contributed by atoms with Gasteiger partial charge in [-0.25, -0.2) is 4.98 Å². The van der Waals surface area contributed by atoms with Crippen molar-refractivity contribution in [3.05, 3.63) is 23.9 Å². The minimum atomic E-state index is -4.38. The lowest BCUT2D eigenvalue weighted by atomic mass is 9.81. The van der Waals surface area contributed by atoms with Crippen LogP contribution in [0.15, 0.2) is 18.3 Å². The van der Waals surface area contributed by atoms with E-state index in [1.165, 1.54) is 6.20 Å². The highest BCUT2D eigenvalue weighted by Crippen LogP contribution is 2.42. The largest absolute Gasteiger partial charge is 0.416 e. The van der Waals surface area contributed by atoms with E-state index in [0.29, 0.717) is 32.0 Å². The zero-order chi connectivity index (χ0) is 18.9. The fourth-order valence-electron chi connectivity index (χ4n) is 4.08. The Kier molecular flexibility index (Phi) is 5.14. The molecule has 0 radical (unpaired) electrons. The van der Waals surface area contributed by atoms with Gasteiger partial charge in [0.25, 0.3) is 0 Å². The van der Waals surface area contributed by atoms with Crippen LogP contribution in [0, 0.1) is 5.41 Å². The second-order valence-corrected chi connectivity index (χ2v) is 7.32. The van der Waals surface area contributed by atoms with Gasteiger partial charge in [0.1, 0.15) is 5.82 Å². The van der Waals surface area contributed by atoms with E-state index in [-0.39, 0.29) is 17.4 Å². The third-order valence-corrected chi connectivity index (χ3v) is 5.74. The number of amides is 1. The Hall–Kier alpha value is -1.83. The molecule has 3 rings (SSSR count). The van der Waals surface area contributed by atoms with Crippen LogP contribution in [0.3, 0.4) is 0 Å². The molecule has 0 unspecified atom stereocenters. The van der Waals surface area contributed by atoms with Gasteiger partial charge in [-0.15, -0.1) is 0 Å². The van der Waals surface area contributed by atoms with Crippen LogP contribution >= 0.6 is 0 Å². The first kappa shape index (κ1) is 18.9. The zero-order valence-corrected chi connectivity index (χ0v) is 14.9. The monoisotopic (exact) mass is 370 g/mol. The number of alkyl halides is 3. The van der Waals surface area contributed by atoms with Gasteiger partial charge in [-0.2, -0.15) is 13.2 Å². The molecule has 1 saturated carbocycles. The van der Waals surface area contributed by atoms with Crippen LogP contribution in [-0.4, -0.2) is 48.0 Å². The fourth-order valence-corrected chi connectivity index (χ4v) is 4.08. The zero-order valence-electron chi connectivity index (χ0n) is 14.9. The summed E-state index contributed by atoms with van der Waals surface area (Å²) in [6.07, 6.45) is -0.0227. The summed E-state index contributed by atoms with van der Waals surface area (Å²) in [5.74, 6) is 0.449. The van der Waals surface area contributed by atoms with Crippen molar-refractivity contribution in [1.29, 1.82) is 0 Å². The van der Waals surface area contributed by atoms with Crippen LogP contribution in [0.4, 0.5) is 19.0 Å². The van der Waals surface area contributed by atoms with E-state index in [2.05, 4.69) is 4.98 Å². The molecule has 26 heavy (non-hydrogen) atoms. The van der Waals surface area contributed by atoms with Crippen LogP contribution in [0.2, 0.25) is 0 Å². The van der Waals surface area contributed by atoms with E-state index in [9.17, 15) is 18.0 Å². The van der Waals surface area contributed by atoms with E-state index in [1.807, 2.05) is 11.8 Å². The van der Waals surface area contributed by atoms with E-state index in [1.54, 1.807) is 4.90 Å². The van der Waals surface area contributed by atoms with Gasteiger partial charge in [0.15, 0.2) is 0 Å². The van der Waals surface area contributed by atoms with Crippen molar-refractivity contribution >= 4 is 11.7 Å². The minimum Gasteiger partial charge on any atom is -0.353 e. The minimum absolute atomic E-state index is 0.0782. The SMILES string of the molecule is CC[C@]1(C(=O)N2CCN(c3cc(C(F)(F)F)ccn3)CC2)CC[C@@H](N)C1. The number of nitrogens with two attached hydrogens (primary N) is 1. The summed E-state index contributed by atoms with van der Waals surface area (Å²) in [4.78, 5) is 20.7. The maximum atomic E-state index is 13.0. The number of carbonyl (C=O) groups is 1. The molecule has 1 aliphatic heterocycles. The summed E-state index contributed by atoms with van der Waals surface area (Å²) >= 11 is 0. The van der Waals surface area contributed by atoms with Crippen molar-refractivity contribution < 1.29 is 18.0 Å². The summed E-state index contributed by atoms with van der Waals surface area (Å²) in [5.41, 5.74) is 4.95. The van der Waals surface area contributed by atoms with E-state index in [4.69, 9.17) is 5.73 Å². The second-order valence-electron chi connectivity index (χ2n) is 7.32. The number of aromatic nitrogens is 1. The number of rotatable bonds is 3. The molecule has 1 saturated heterocycles. The molecule has 0 spiro atoms. The van der Waals surface area contributed by atoms with Gasteiger partial charge in [0, 0.05) is 38.4 Å². The number of piperazine rings is 1. The topological polar surface area (TPSA) is 62.5 Å². The van der Waals surface area contributed by atoms with E-state index < -0.39 is 11.7 Å². The van der Waals surface area contributed by atoms with Crippen LogP contribution in [0.1, 0.15) is 38.2 Å². The molecule has 2 aliphatic rings. The summed E-state index contributed by atoms with van der Waals surface area (Å²) in [7, 11) is 0. The molecule has 2 fully saturated rings. The predicted octanol–water partition coefficient (Wildman–Crippen LogP) is 2.66. The lowest BCUT2D eigenvalue weighted by Crippen LogP contribution is -2.53. The van der Waals surface area contributed by atoms with Crippen molar-refractivity contribution in [2.75, 3.05) is 31.1 Å². The molecule has 1 aliphatic carbocycles. The highest BCUT2D eigenvalue weighted by atomic mass is 19.4. The number of anilines is 1. The van der Waals surface area contributed by atoms with E-state index >= 15 is 0 Å². The highest BCUT2D eigenvalue weighted by molar-refractivity contribution is 5.83. The first-order valence-electron chi connectivity index (χ1n) is 9.08. The average Bonchev–Trinajstić information content (AvgIpc) is 3.03. The number of nitrogens with zero attached hydrogens (tertiary/aromatic N) is 3. The highest BCUT2D eigenvalue weighted by Gasteiger charge is 2.45. The van der Waals surface area contributed by atoms with Gasteiger partial charge >= 0.3 is 6.18 Å². The average molecular weight is 370 g/mol. The fraction of sp³-hybridized carbons (Fsp3) is 0.667. The maximum Gasteiger partial charge on any atom is 0.416 e. The summed E-state index contributed by atoms with van der Waals surface area (Å²) in [6, 6.07) is 2.12. The lowest BCUT2D eigenvalue weighted by molar-refractivity contribution is -0.142. The normalized spacial score (nSPS) is 27.0. The third-order valence-electron chi connectivity index (χ3n) is 5.74. The molecule has 0 aromatic carbocycles. The van der Waals surface area contributed by atoms with Crippen molar-refractivity contribution in [2.24, 2.45) is 11.1 Å². The first-order chi connectivity index (χ1) is 12.2. The molecule has 8 heteroatoms. The van der Waals surface area contributed by atoms with Crippen molar-refractivity contribution in [2.45, 2.75) is 44.8 Å². The Morgan fingerprint density at radius 1 is 1.35 bits per heavy atom. The standard InChI is InChI=1S/C18H25F3N4O/c1-2-17(5-3-14(22)12-17)16(26)25-9-7-24(8-10-25)15-11-13(4-6-23-15)18(19,20)21/h4,6,11,14H,2-3,5,7-10,12,22H2,1H3/t14-,17+/m1/s1. The molecule has 1 amide bonds. The summed E-state index contributed by atoms with van der Waals surface area (Å²) in [6.45, 7) is 3.97. The molecule has 2 heterocycles. The molecule has 1 aromatic rings. The van der Waals surface area contributed by atoms with Crippen LogP contribution in [0.5, 0.6) is 0 Å². The Morgan fingerprint density at radius 2 is 2.04 bits per heavy atom. The Bertz CT molecular complexity index is 658. The lowest BCUT2D eigenvalue weighted by Gasteiger charge is -2.40. The molecular weight excluding hydrogens is 345 g/mol. The molecule has 2 N–H and O–H groups in total. The number of halogens is 3. The van der Waals surface area contributed by atoms with Gasteiger partial charge in [0.2, 0.25) is 5.91 Å².